The van der Waals surface area contributed by atoms with E-state index >= 15 is 0 Å². The molecule has 0 radical (unpaired) electrons. The van der Waals surface area contributed by atoms with E-state index in [2.05, 4.69) is 20.1 Å². The number of nitrogens with zero attached hydrogens (tertiary/aromatic N) is 4. The quantitative estimate of drug-likeness (QED) is 0.732. The van der Waals surface area contributed by atoms with Crippen molar-refractivity contribution in [1.82, 2.24) is 20.2 Å². The number of aromatic nitrogens is 4. The first kappa shape index (κ1) is 11.2. The maximum absolute atomic E-state index is 13.4. The molecule has 0 spiro atoms. The van der Waals surface area contributed by atoms with Crippen LogP contribution in [0.2, 0.25) is 0 Å². The lowest BCUT2D eigenvalue weighted by Gasteiger charge is -1.96. The van der Waals surface area contributed by atoms with Crippen LogP contribution in [0.5, 0.6) is 0 Å². The normalized spacial score (nSPS) is 10.2. The Bertz CT molecular complexity index is 541. The summed E-state index contributed by atoms with van der Waals surface area (Å²) in [5, 5.41) is 11.2. The Balaban J connectivity index is 2.24. The van der Waals surface area contributed by atoms with E-state index in [4.69, 9.17) is 0 Å². The van der Waals surface area contributed by atoms with Gasteiger partial charge in [-0.1, -0.05) is 12.1 Å². The van der Waals surface area contributed by atoms with Gasteiger partial charge in [0.2, 0.25) is 5.82 Å². The molecule has 0 aliphatic rings. The number of methoxy groups -OCH3 is 1. The molecule has 1 aromatic carbocycles. The second kappa shape index (κ2) is 4.69. The summed E-state index contributed by atoms with van der Waals surface area (Å²) in [4.78, 5) is 12.0. The van der Waals surface area contributed by atoms with Crippen LogP contribution in [0, 0.1) is 5.82 Å². The van der Waals surface area contributed by atoms with Gasteiger partial charge >= 0.3 is 5.97 Å². The van der Waals surface area contributed by atoms with Gasteiger partial charge in [0.05, 0.1) is 12.7 Å². The van der Waals surface area contributed by atoms with Gasteiger partial charge in [-0.15, -0.1) is 10.2 Å². The summed E-state index contributed by atoms with van der Waals surface area (Å²) in [6.07, 6.45) is 0. The Morgan fingerprint density at radius 2 is 2.24 bits per heavy atom. The van der Waals surface area contributed by atoms with Crippen molar-refractivity contribution >= 4 is 5.97 Å². The zero-order chi connectivity index (χ0) is 12.3. The Morgan fingerprint density at radius 3 is 2.94 bits per heavy atom. The Kier molecular flexibility index (Phi) is 3.08. The third-order valence-corrected chi connectivity index (χ3v) is 2.07. The number of carbonyl (C=O) groups excluding carboxylic acids is 1. The van der Waals surface area contributed by atoms with Crippen molar-refractivity contribution in [3.05, 3.63) is 30.1 Å². The van der Waals surface area contributed by atoms with Gasteiger partial charge in [-0.25, -0.2) is 9.18 Å². The lowest BCUT2D eigenvalue weighted by molar-refractivity contribution is -0.141. The molecule has 2 aromatic rings. The average Bonchev–Trinajstić information content (AvgIpc) is 2.78. The summed E-state index contributed by atoms with van der Waals surface area (Å²) in [5.74, 6) is -0.806. The third kappa shape index (κ3) is 2.44. The van der Waals surface area contributed by atoms with Gasteiger partial charge < -0.3 is 4.74 Å². The molecule has 1 heterocycles. The molecule has 0 aliphatic carbocycles. The van der Waals surface area contributed by atoms with Crippen LogP contribution in [0.15, 0.2) is 24.3 Å². The van der Waals surface area contributed by atoms with Crippen molar-refractivity contribution in [3.63, 3.8) is 0 Å². The molecule has 0 aliphatic heterocycles. The molecule has 0 N–H and O–H groups in total. The number of carbonyl (C=O) groups is 1. The SMILES string of the molecule is COC(=O)Cn1nnc(-c2ccccc2F)n1. The molecule has 0 unspecified atom stereocenters. The van der Waals surface area contributed by atoms with E-state index in [1.54, 1.807) is 12.1 Å². The van der Waals surface area contributed by atoms with Crippen LogP contribution in [0.25, 0.3) is 11.4 Å². The summed E-state index contributed by atoms with van der Waals surface area (Å²) in [5.41, 5.74) is 0.239. The molecule has 88 valence electrons. The molecular weight excluding hydrogens is 227 g/mol. The zero-order valence-electron chi connectivity index (χ0n) is 9.00. The molecule has 2 rings (SSSR count). The first-order valence-electron chi connectivity index (χ1n) is 4.80. The Morgan fingerprint density at radius 1 is 1.47 bits per heavy atom. The molecule has 0 saturated carbocycles. The smallest absolute Gasteiger partial charge is 0.329 e. The summed E-state index contributed by atoms with van der Waals surface area (Å²) < 4.78 is 17.9. The van der Waals surface area contributed by atoms with E-state index in [1.165, 1.54) is 19.2 Å². The van der Waals surface area contributed by atoms with E-state index in [0.717, 1.165) is 4.80 Å². The maximum Gasteiger partial charge on any atom is 0.329 e. The number of halogens is 1. The largest absolute Gasteiger partial charge is 0.468 e. The fourth-order valence-electron chi connectivity index (χ4n) is 1.24. The summed E-state index contributed by atoms with van der Waals surface area (Å²) >= 11 is 0. The number of esters is 1. The van der Waals surface area contributed by atoms with E-state index in [0.29, 0.717) is 0 Å². The van der Waals surface area contributed by atoms with Crippen LogP contribution in [0.3, 0.4) is 0 Å². The molecule has 6 nitrogen and oxygen atoms in total. The second-order valence-corrected chi connectivity index (χ2v) is 3.20. The predicted octanol–water partition coefficient (Wildman–Crippen LogP) is 0.652. The topological polar surface area (TPSA) is 69.9 Å². The molecular formula is C10H9FN4O2. The Labute approximate surface area is 96.0 Å². The van der Waals surface area contributed by atoms with Gasteiger partial charge in [0.15, 0.2) is 6.54 Å². The van der Waals surface area contributed by atoms with Crippen molar-refractivity contribution in [2.45, 2.75) is 6.54 Å². The van der Waals surface area contributed by atoms with Crippen molar-refractivity contribution in [2.24, 2.45) is 0 Å². The molecule has 1 aromatic heterocycles. The van der Waals surface area contributed by atoms with Crippen LogP contribution in [-0.4, -0.2) is 33.3 Å². The van der Waals surface area contributed by atoms with Gasteiger partial charge in [0.25, 0.3) is 0 Å². The minimum Gasteiger partial charge on any atom is -0.468 e. The highest BCUT2D eigenvalue weighted by molar-refractivity contribution is 5.68. The van der Waals surface area contributed by atoms with Gasteiger partial charge in [-0.2, -0.15) is 4.80 Å². The van der Waals surface area contributed by atoms with Gasteiger partial charge in [0, 0.05) is 0 Å². The van der Waals surface area contributed by atoms with Gasteiger partial charge in [-0.3, -0.25) is 0 Å². The number of hydrogen-bond donors (Lipinski definition) is 0. The van der Waals surface area contributed by atoms with Crippen molar-refractivity contribution in [2.75, 3.05) is 7.11 Å². The van der Waals surface area contributed by atoms with Gasteiger partial charge in [0.1, 0.15) is 5.82 Å². The zero-order valence-corrected chi connectivity index (χ0v) is 9.00. The van der Waals surface area contributed by atoms with E-state index in [-0.39, 0.29) is 17.9 Å². The van der Waals surface area contributed by atoms with Crippen LogP contribution in [-0.2, 0) is 16.1 Å². The number of hydrogen-bond acceptors (Lipinski definition) is 5. The standard InChI is InChI=1S/C10H9FN4O2/c1-17-9(16)6-15-13-10(12-14-15)7-4-2-3-5-8(7)11/h2-5H,6H2,1H3. The molecule has 7 heteroatoms. The summed E-state index contributed by atoms with van der Waals surface area (Å²) in [6, 6.07) is 6.07. The molecule has 0 bridgehead atoms. The highest BCUT2D eigenvalue weighted by Crippen LogP contribution is 2.16. The maximum atomic E-state index is 13.4. The van der Waals surface area contributed by atoms with E-state index in [1.807, 2.05) is 0 Å². The number of tetrazole rings is 1. The summed E-state index contributed by atoms with van der Waals surface area (Å²) in [6.45, 7) is -0.155. The monoisotopic (exact) mass is 236 g/mol. The molecule has 0 fully saturated rings. The second-order valence-electron chi connectivity index (χ2n) is 3.20. The molecule has 0 saturated heterocycles. The number of benzene rings is 1. The van der Waals surface area contributed by atoms with E-state index < -0.39 is 11.8 Å². The minimum absolute atomic E-state index is 0.131. The summed E-state index contributed by atoms with van der Waals surface area (Å²) in [7, 11) is 1.26. The first-order chi connectivity index (χ1) is 8.20. The van der Waals surface area contributed by atoms with Crippen LogP contribution in [0.1, 0.15) is 0 Å². The first-order valence-corrected chi connectivity index (χ1v) is 4.80. The third-order valence-electron chi connectivity index (χ3n) is 2.07. The highest BCUT2D eigenvalue weighted by atomic mass is 19.1. The highest BCUT2D eigenvalue weighted by Gasteiger charge is 2.11. The van der Waals surface area contributed by atoms with Crippen molar-refractivity contribution < 1.29 is 13.9 Å². The predicted molar refractivity (Wildman–Crippen MR) is 55.2 cm³/mol. The fraction of sp³-hybridized carbons (Fsp3) is 0.200. The van der Waals surface area contributed by atoms with Crippen LogP contribution >= 0.6 is 0 Å². The Hall–Kier alpha value is -2.31. The molecule has 0 amide bonds. The van der Waals surface area contributed by atoms with Gasteiger partial charge in [-0.05, 0) is 17.3 Å². The average molecular weight is 236 g/mol. The number of rotatable bonds is 3. The lowest BCUT2D eigenvalue weighted by Crippen LogP contribution is -2.14. The van der Waals surface area contributed by atoms with Crippen LogP contribution in [0.4, 0.5) is 4.39 Å². The van der Waals surface area contributed by atoms with E-state index in [9.17, 15) is 9.18 Å². The van der Waals surface area contributed by atoms with Crippen molar-refractivity contribution in [3.8, 4) is 11.4 Å². The van der Waals surface area contributed by atoms with Crippen LogP contribution < -0.4 is 0 Å². The fourth-order valence-corrected chi connectivity index (χ4v) is 1.24. The van der Waals surface area contributed by atoms with Crippen molar-refractivity contribution in [1.29, 1.82) is 0 Å². The lowest BCUT2D eigenvalue weighted by atomic mass is 10.2. The molecule has 17 heavy (non-hydrogen) atoms. The molecule has 0 atom stereocenters. The number of ether oxygens (including phenoxy) is 1. The minimum atomic E-state index is -0.498.